The lowest BCUT2D eigenvalue weighted by molar-refractivity contribution is 0.256. The van der Waals surface area contributed by atoms with E-state index in [1.54, 1.807) is 0 Å². The second kappa shape index (κ2) is 5.67. The summed E-state index contributed by atoms with van der Waals surface area (Å²) in [5.41, 5.74) is 6.15. The van der Waals surface area contributed by atoms with Crippen LogP contribution < -0.4 is 5.73 Å². The molecule has 1 saturated carbocycles. The zero-order valence-corrected chi connectivity index (χ0v) is 10.5. The van der Waals surface area contributed by atoms with Crippen molar-refractivity contribution >= 4 is 5.84 Å². The molecule has 92 valence electrons. The average Bonchev–Trinajstić information content (AvgIpc) is 2.33. The van der Waals surface area contributed by atoms with Crippen LogP contribution in [0.4, 0.5) is 0 Å². The molecule has 3 heteroatoms. The number of nitrogens with two attached hydrogens (primary N) is 1. The minimum absolute atomic E-state index is 0.498. The highest BCUT2D eigenvalue weighted by atomic mass is 15.1. The zero-order chi connectivity index (χ0) is 11.4. The molecular weight excluding hydrogens is 198 g/mol. The number of aliphatic imine (C=N–C) groups is 1. The van der Waals surface area contributed by atoms with E-state index >= 15 is 0 Å². The maximum absolute atomic E-state index is 6.15. The van der Waals surface area contributed by atoms with Crippen molar-refractivity contribution in [1.82, 2.24) is 4.90 Å². The molecule has 1 heterocycles. The van der Waals surface area contributed by atoms with E-state index in [0.717, 1.165) is 5.84 Å². The number of piperidine rings is 1. The highest BCUT2D eigenvalue weighted by Crippen LogP contribution is 2.24. The number of nitrogens with zero attached hydrogens (tertiary/aromatic N) is 2. The summed E-state index contributed by atoms with van der Waals surface area (Å²) in [4.78, 5) is 7.14. The smallest absolute Gasteiger partial charge is 0.0971 e. The number of hydrogen-bond acceptors (Lipinski definition) is 2. The molecule has 0 bridgehead atoms. The molecule has 0 radical (unpaired) electrons. The molecule has 0 amide bonds. The Kier molecular flexibility index (Phi) is 4.22. The maximum atomic E-state index is 6.15. The van der Waals surface area contributed by atoms with E-state index in [9.17, 15) is 0 Å². The predicted octanol–water partition coefficient (Wildman–Crippen LogP) is 2.02. The molecule has 2 rings (SSSR count). The number of likely N-dealkylation sites (tertiary alicyclic amines) is 1. The van der Waals surface area contributed by atoms with Gasteiger partial charge in [0.2, 0.25) is 0 Å². The molecule has 2 aliphatic rings. The van der Waals surface area contributed by atoms with E-state index < -0.39 is 0 Å². The van der Waals surface area contributed by atoms with E-state index in [4.69, 9.17) is 10.7 Å². The molecule has 0 aromatic rings. The quantitative estimate of drug-likeness (QED) is 0.575. The number of rotatable bonds is 2. The van der Waals surface area contributed by atoms with Gasteiger partial charge in [0.15, 0.2) is 0 Å². The highest BCUT2D eigenvalue weighted by Gasteiger charge is 2.20. The van der Waals surface area contributed by atoms with Gasteiger partial charge in [-0.3, -0.25) is 4.99 Å². The first-order chi connectivity index (χ1) is 7.75. The van der Waals surface area contributed by atoms with E-state index in [2.05, 4.69) is 11.9 Å². The molecule has 0 unspecified atom stereocenters. The van der Waals surface area contributed by atoms with Crippen molar-refractivity contribution in [2.45, 2.75) is 51.0 Å². The van der Waals surface area contributed by atoms with Gasteiger partial charge in [-0.05, 0) is 45.8 Å². The summed E-state index contributed by atoms with van der Waals surface area (Å²) in [5.74, 6) is 1.54. The molecule has 0 atom stereocenters. The molecule has 1 saturated heterocycles. The average molecular weight is 223 g/mol. The predicted molar refractivity (Wildman–Crippen MR) is 68.7 cm³/mol. The fourth-order valence-corrected chi connectivity index (χ4v) is 2.84. The molecule has 2 fully saturated rings. The second-order valence-corrected chi connectivity index (χ2v) is 5.42. The van der Waals surface area contributed by atoms with E-state index in [1.165, 1.54) is 58.0 Å². The van der Waals surface area contributed by atoms with E-state index in [1.807, 2.05) is 0 Å². The summed E-state index contributed by atoms with van der Waals surface area (Å²) >= 11 is 0. The van der Waals surface area contributed by atoms with Gasteiger partial charge in [-0.25, -0.2) is 0 Å². The fourth-order valence-electron chi connectivity index (χ4n) is 2.84. The molecule has 0 aromatic heterocycles. The van der Waals surface area contributed by atoms with Crippen LogP contribution in [0.3, 0.4) is 0 Å². The van der Waals surface area contributed by atoms with Crippen LogP contribution in [0.2, 0.25) is 0 Å². The van der Waals surface area contributed by atoms with Gasteiger partial charge in [-0.1, -0.05) is 19.3 Å². The minimum atomic E-state index is 0.498. The molecule has 1 aliphatic heterocycles. The minimum Gasteiger partial charge on any atom is -0.387 e. The van der Waals surface area contributed by atoms with Crippen molar-refractivity contribution in [2.24, 2.45) is 16.6 Å². The van der Waals surface area contributed by atoms with Crippen LogP contribution in [0, 0.1) is 5.92 Å². The van der Waals surface area contributed by atoms with Crippen LogP contribution in [0.25, 0.3) is 0 Å². The van der Waals surface area contributed by atoms with Crippen molar-refractivity contribution < 1.29 is 0 Å². The van der Waals surface area contributed by atoms with Crippen molar-refractivity contribution in [3.05, 3.63) is 0 Å². The Labute approximate surface area is 99.1 Å². The summed E-state index contributed by atoms with van der Waals surface area (Å²) in [7, 11) is 2.18. The standard InChI is InChI=1S/C13H25N3/c1-16-9-7-12(8-10-16)15-13(14)11-5-3-2-4-6-11/h11-12H,2-10H2,1H3,(H2,14,15). The number of amidine groups is 1. The lowest BCUT2D eigenvalue weighted by atomic mass is 9.88. The molecule has 1 aliphatic carbocycles. The van der Waals surface area contributed by atoms with Gasteiger partial charge in [-0.15, -0.1) is 0 Å². The Bertz CT molecular complexity index is 236. The SMILES string of the molecule is CN1CCC(N=C(N)C2CCCCC2)CC1. The molecule has 16 heavy (non-hydrogen) atoms. The first kappa shape index (κ1) is 11.9. The normalized spacial score (nSPS) is 27.2. The van der Waals surface area contributed by atoms with Crippen LogP contribution in [0.1, 0.15) is 44.9 Å². The van der Waals surface area contributed by atoms with Gasteiger partial charge < -0.3 is 10.6 Å². The van der Waals surface area contributed by atoms with Crippen molar-refractivity contribution in [2.75, 3.05) is 20.1 Å². The third-order valence-electron chi connectivity index (χ3n) is 4.04. The summed E-state index contributed by atoms with van der Waals surface area (Å²) < 4.78 is 0. The van der Waals surface area contributed by atoms with Gasteiger partial charge in [0, 0.05) is 5.92 Å². The lowest BCUT2D eigenvalue weighted by Crippen LogP contribution is -2.34. The van der Waals surface area contributed by atoms with Gasteiger partial charge in [-0.2, -0.15) is 0 Å². The van der Waals surface area contributed by atoms with Crippen LogP contribution in [0.5, 0.6) is 0 Å². The third kappa shape index (κ3) is 3.21. The lowest BCUT2D eigenvalue weighted by Gasteiger charge is -2.28. The molecule has 3 nitrogen and oxygen atoms in total. The third-order valence-corrected chi connectivity index (χ3v) is 4.04. The van der Waals surface area contributed by atoms with Crippen LogP contribution in [-0.2, 0) is 0 Å². The van der Waals surface area contributed by atoms with Gasteiger partial charge >= 0.3 is 0 Å². The van der Waals surface area contributed by atoms with Gasteiger partial charge in [0.25, 0.3) is 0 Å². The summed E-state index contributed by atoms with van der Waals surface area (Å²) in [6.45, 7) is 2.35. The van der Waals surface area contributed by atoms with Gasteiger partial charge in [0.1, 0.15) is 0 Å². The van der Waals surface area contributed by atoms with Crippen molar-refractivity contribution in [3.63, 3.8) is 0 Å². The fraction of sp³-hybridized carbons (Fsp3) is 0.923. The van der Waals surface area contributed by atoms with Crippen LogP contribution in [0.15, 0.2) is 4.99 Å². The Morgan fingerprint density at radius 2 is 1.69 bits per heavy atom. The zero-order valence-electron chi connectivity index (χ0n) is 10.5. The van der Waals surface area contributed by atoms with Crippen molar-refractivity contribution in [3.8, 4) is 0 Å². The Morgan fingerprint density at radius 1 is 1.06 bits per heavy atom. The van der Waals surface area contributed by atoms with Gasteiger partial charge in [0.05, 0.1) is 11.9 Å². The van der Waals surface area contributed by atoms with Crippen molar-refractivity contribution in [1.29, 1.82) is 0 Å². The van der Waals surface area contributed by atoms with Crippen LogP contribution in [-0.4, -0.2) is 36.9 Å². The summed E-state index contributed by atoms with van der Waals surface area (Å²) in [6.07, 6.45) is 8.97. The largest absolute Gasteiger partial charge is 0.387 e. The number of hydrogen-bond donors (Lipinski definition) is 1. The van der Waals surface area contributed by atoms with Crippen LogP contribution >= 0.6 is 0 Å². The second-order valence-electron chi connectivity index (χ2n) is 5.42. The molecule has 0 spiro atoms. The summed E-state index contributed by atoms with van der Waals surface area (Å²) in [5, 5.41) is 0. The molecule has 0 aromatic carbocycles. The Morgan fingerprint density at radius 3 is 2.31 bits per heavy atom. The first-order valence-corrected chi connectivity index (χ1v) is 6.77. The monoisotopic (exact) mass is 223 g/mol. The highest BCUT2D eigenvalue weighted by molar-refractivity contribution is 5.83. The summed E-state index contributed by atoms with van der Waals surface area (Å²) in [6, 6.07) is 0.498. The first-order valence-electron chi connectivity index (χ1n) is 6.77. The van der Waals surface area contributed by atoms with E-state index in [-0.39, 0.29) is 0 Å². The topological polar surface area (TPSA) is 41.6 Å². The maximum Gasteiger partial charge on any atom is 0.0971 e. The Balaban J connectivity index is 1.85. The molecule has 2 N–H and O–H groups in total. The Hall–Kier alpha value is -0.570. The van der Waals surface area contributed by atoms with E-state index in [0.29, 0.717) is 12.0 Å². The molecular formula is C13H25N3.